The normalized spacial score (nSPS) is 14.8. The van der Waals surface area contributed by atoms with Gasteiger partial charge in [-0.2, -0.15) is 0 Å². The highest BCUT2D eigenvalue weighted by atomic mass is 35.5. The van der Waals surface area contributed by atoms with Gasteiger partial charge >= 0.3 is 0 Å². The predicted octanol–water partition coefficient (Wildman–Crippen LogP) is 3.14. The molecular weight excluding hydrogens is 494 g/mol. The number of anilines is 1. The lowest BCUT2D eigenvalue weighted by Gasteiger charge is -2.25. The number of sulfonamides is 1. The third-order valence-electron chi connectivity index (χ3n) is 4.85. The molecule has 11 heteroatoms. The van der Waals surface area contributed by atoms with Gasteiger partial charge < -0.3 is 9.47 Å². The molecule has 35 heavy (non-hydrogen) atoms. The van der Waals surface area contributed by atoms with Gasteiger partial charge in [-0.05, 0) is 48.0 Å². The summed E-state index contributed by atoms with van der Waals surface area (Å²) in [5, 5.41) is 0.279. The van der Waals surface area contributed by atoms with Crippen molar-refractivity contribution in [3.8, 4) is 11.5 Å². The van der Waals surface area contributed by atoms with Crippen molar-refractivity contribution in [1.29, 1.82) is 0 Å². The Kier molecular flexibility index (Phi) is 7.23. The summed E-state index contributed by atoms with van der Waals surface area (Å²) in [5.74, 6) is -0.172. The molecule has 0 radical (unpaired) electrons. The van der Waals surface area contributed by atoms with Crippen LogP contribution in [0.4, 0.5) is 5.69 Å². The van der Waals surface area contributed by atoms with Crippen LogP contribution in [0.25, 0.3) is 6.08 Å². The van der Waals surface area contributed by atoms with Crippen LogP contribution >= 0.6 is 11.6 Å². The highest BCUT2D eigenvalue weighted by molar-refractivity contribution is 7.92. The molecule has 3 aromatic carbocycles. The summed E-state index contributed by atoms with van der Waals surface area (Å²) in [6.07, 6.45) is 1.75. The van der Waals surface area contributed by atoms with Gasteiger partial charge in [-0.25, -0.2) is 8.42 Å². The zero-order valence-electron chi connectivity index (χ0n) is 18.1. The third kappa shape index (κ3) is 6.11. The van der Waals surface area contributed by atoms with E-state index in [0.29, 0.717) is 17.1 Å². The maximum Gasteiger partial charge on any atom is 0.283 e. The Balaban J connectivity index is 1.29. The Hall–Kier alpha value is -4.02. The first kappa shape index (κ1) is 24.1. The van der Waals surface area contributed by atoms with E-state index >= 15 is 0 Å². The van der Waals surface area contributed by atoms with Crippen molar-refractivity contribution in [2.45, 2.75) is 11.0 Å². The van der Waals surface area contributed by atoms with E-state index in [0.717, 1.165) is 0 Å². The van der Waals surface area contributed by atoms with E-state index in [1.165, 1.54) is 36.4 Å². The molecule has 1 aliphatic rings. The van der Waals surface area contributed by atoms with Gasteiger partial charge in [-0.1, -0.05) is 48.0 Å². The van der Waals surface area contributed by atoms with Crippen LogP contribution in [-0.4, -0.2) is 32.9 Å². The average Bonchev–Trinajstić information content (AvgIpc) is 2.87. The number of hydrogen-bond acceptors (Lipinski definition) is 6. The van der Waals surface area contributed by atoms with Gasteiger partial charge in [0, 0.05) is 6.08 Å². The van der Waals surface area contributed by atoms with E-state index < -0.39 is 27.9 Å². The Morgan fingerprint density at radius 2 is 1.60 bits per heavy atom. The monoisotopic (exact) mass is 513 g/mol. The van der Waals surface area contributed by atoms with Gasteiger partial charge in [0.1, 0.15) is 6.61 Å². The highest BCUT2D eigenvalue weighted by Crippen LogP contribution is 2.30. The van der Waals surface area contributed by atoms with Crippen LogP contribution in [0.5, 0.6) is 11.5 Å². The SMILES string of the molecule is O=C(/C=C/c1ccc(S(=O)(=O)Nc2ccccc2Cl)cc1)NNC(=O)[C@@H]1COc2ccccc2O1. The molecule has 0 bridgehead atoms. The minimum atomic E-state index is -3.84. The molecule has 3 aromatic rings. The quantitative estimate of drug-likeness (QED) is 0.344. The van der Waals surface area contributed by atoms with E-state index in [1.807, 2.05) is 0 Å². The van der Waals surface area contributed by atoms with Crippen molar-refractivity contribution < 1.29 is 27.5 Å². The number of halogens is 1. The molecule has 0 saturated heterocycles. The number of ether oxygens (including phenoxy) is 2. The van der Waals surface area contributed by atoms with E-state index in [4.69, 9.17) is 21.1 Å². The molecule has 0 spiro atoms. The van der Waals surface area contributed by atoms with Crippen LogP contribution in [0.1, 0.15) is 5.56 Å². The van der Waals surface area contributed by atoms with Crippen LogP contribution in [0, 0.1) is 0 Å². The van der Waals surface area contributed by atoms with Crippen molar-refractivity contribution >= 4 is 45.2 Å². The lowest BCUT2D eigenvalue weighted by molar-refractivity contribution is -0.134. The van der Waals surface area contributed by atoms with Gasteiger partial charge in [0.05, 0.1) is 15.6 Å². The number of rotatable bonds is 6. The summed E-state index contributed by atoms with van der Waals surface area (Å²) < 4.78 is 38.6. The minimum absolute atomic E-state index is 0.00908. The van der Waals surface area contributed by atoms with Gasteiger partial charge in [0.15, 0.2) is 11.5 Å². The van der Waals surface area contributed by atoms with Crippen molar-refractivity contribution in [3.63, 3.8) is 0 Å². The molecule has 1 atom stereocenters. The number of para-hydroxylation sites is 3. The molecule has 4 rings (SSSR count). The largest absolute Gasteiger partial charge is 0.485 e. The Morgan fingerprint density at radius 3 is 2.34 bits per heavy atom. The third-order valence-corrected chi connectivity index (χ3v) is 6.56. The second-order valence-corrected chi connectivity index (χ2v) is 9.42. The molecular formula is C24H20ClN3O6S. The number of amides is 2. The Labute approximate surface area is 206 Å². The summed E-state index contributed by atoms with van der Waals surface area (Å²) in [4.78, 5) is 24.3. The first-order chi connectivity index (χ1) is 16.8. The van der Waals surface area contributed by atoms with E-state index in [1.54, 1.807) is 48.5 Å². The number of hydrogen-bond donors (Lipinski definition) is 3. The molecule has 0 aromatic heterocycles. The van der Waals surface area contributed by atoms with Crippen molar-refractivity contribution in [1.82, 2.24) is 10.9 Å². The number of fused-ring (bicyclic) bond motifs is 1. The Bertz CT molecular complexity index is 1380. The standard InChI is InChI=1S/C24H20ClN3O6S/c25-18-5-1-2-6-19(18)28-35(31,32)17-12-9-16(10-13-17)11-14-23(29)26-27-24(30)22-15-33-20-7-3-4-8-21(20)34-22/h1-14,22,28H,15H2,(H,26,29)(H,27,30)/b14-11+/t22-/m0/s1. The zero-order chi connectivity index (χ0) is 24.8. The number of carbonyl (C=O) groups is 2. The predicted molar refractivity (Wildman–Crippen MR) is 130 cm³/mol. The molecule has 1 heterocycles. The molecule has 3 N–H and O–H groups in total. The van der Waals surface area contributed by atoms with Crippen LogP contribution in [0.15, 0.2) is 83.8 Å². The summed E-state index contributed by atoms with van der Waals surface area (Å²) >= 11 is 6.01. The fourth-order valence-corrected chi connectivity index (χ4v) is 4.39. The zero-order valence-corrected chi connectivity index (χ0v) is 19.7. The van der Waals surface area contributed by atoms with Crippen molar-refractivity contribution in [3.05, 3.63) is 89.5 Å². The first-order valence-electron chi connectivity index (χ1n) is 10.4. The molecule has 0 fully saturated rings. The first-order valence-corrected chi connectivity index (χ1v) is 12.2. The second kappa shape index (κ2) is 10.5. The van der Waals surface area contributed by atoms with Gasteiger partial charge in [0.25, 0.3) is 21.8 Å². The molecule has 0 unspecified atom stereocenters. The molecule has 0 saturated carbocycles. The molecule has 180 valence electrons. The lowest BCUT2D eigenvalue weighted by atomic mass is 10.2. The Morgan fingerprint density at radius 1 is 0.914 bits per heavy atom. The molecule has 0 aliphatic carbocycles. The minimum Gasteiger partial charge on any atom is -0.485 e. The summed E-state index contributed by atoms with van der Waals surface area (Å²) in [6, 6.07) is 19.3. The molecule has 2 amide bonds. The highest BCUT2D eigenvalue weighted by Gasteiger charge is 2.27. The number of nitrogens with one attached hydrogen (secondary N) is 3. The summed E-state index contributed by atoms with van der Waals surface area (Å²) in [6.45, 7) is 0.00908. The van der Waals surface area contributed by atoms with Crippen LogP contribution in [0.2, 0.25) is 5.02 Å². The summed E-state index contributed by atoms with van der Waals surface area (Å²) in [7, 11) is -3.84. The van der Waals surface area contributed by atoms with E-state index in [2.05, 4.69) is 15.6 Å². The second-order valence-electron chi connectivity index (χ2n) is 7.33. The number of benzene rings is 3. The fraction of sp³-hybridized carbons (Fsp3) is 0.0833. The summed E-state index contributed by atoms with van der Waals surface area (Å²) in [5.41, 5.74) is 5.39. The van der Waals surface area contributed by atoms with E-state index in [-0.39, 0.29) is 22.2 Å². The van der Waals surface area contributed by atoms with Gasteiger partial charge in [-0.3, -0.25) is 25.2 Å². The van der Waals surface area contributed by atoms with Gasteiger partial charge in [0.2, 0.25) is 6.10 Å². The maximum atomic E-state index is 12.6. The number of carbonyl (C=O) groups excluding carboxylic acids is 2. The van der Waals surface area contributed by atoms with Crippen LogP contribution < -0.4 is 25.0 Å². The van der Waals surface area contributed by atoms with Gasteiger partial charge in [-0.15, -0.1) is 0 Å². The lowest BCUT2D eigenvalue weighted by Crippen LogP contribution is -2.50. The fourth-order valence-electron chi connectivity index (χ4n) is 3.07. The topological polar surface area (TPSA) is 123 Å². The van der Waals surface area contributed by atoms with Crippen LogP contribution in [-0.2, 0) is 19.6 Å². The van der Waals surface area contributed by atoms with Crippen molar-refractivity contribution in [2.24, 2.45) is 0 Å². The average molecular weight is 514 g/mol. The smallest absolute Gasteiger partial charge is 0.283 e. The van der Waals surface area contributed by atoms with Crippen molar-refractivity contribution in [2.75, 3.05) is 11.3 Å². The maximum absolute atomic E-state index is 12.6. The van der Waals surface area contributed by atoms with E-state index in [9.17, 15) is 18.0 Å². The van der Waals surface area contributed by atoms with Crippen LogP contribution in [0.3, 0.4) is 0 Å². The number of hydrazine groups is 1. The molecule has 1 aliphatic heterocycles. The molecule has 9 nitrogen and oxygen atoms in total.